The lowest BCUT2D eigenvalue weighted by molar-refractivity contribution is -0.384. The Bertz CT molecular complexity index is 1300. The number of rotatable bonds is 9. The van der Waals surface area contributed by atoms with E-state index in [4.69, 9.17) is 0 Å². The van der Waals surface area contributed by atoms with E-state index in [1.165, 1.54) is 29.3 Å². The molecule has 0 unspecified atom stereocenters. The zero-order chi connectivity index (χ0) is 27.2. The molecule has 2 aliphatic rings. The minimum absolute atomic E-state index is 0.138. The van der Waals surface area contributed by atoms with Gasteiger partial charge in [0.05, 0.1) is 4.92 Å². The molecule has 0 atom stereocenters. The Balaban J connectivity index is 1.11. The summed E-state index contributed by atoms with van der Waals surface area (Å²) >= 11 is 0. The molecule has 2 aliphatic heterocycles. The maximum atomic E-state index is 13.3. The predicted molar refractivity (Wildman–Crippen MR) is 150 cm³/mol. The average molecular weight is 530 g/mol. The van der Waals surface area contributed by atoms with E-state index in [0.29, 0.717) is 12.3 Å². The monoisotopic (exact) mass is 529 g/mol. The molecule has 0 bridgehead atoms. The van der Waals surface area contributed by atoms with Gasteiger partial charge in [-0.1, -0.05) is 36.4 Å². The van der Waals surface area contributed by atoms with E-state index >= 15 is 0 Å². The Morgan fingerprint density at radius 3 is 2.44 bits per heavy atom. The first kappa shape index (κ1) is 27.2. The molecule has 0 N–H and O–H groups in total. The van der Waals surface area contributed by atoms with Crippen molar-refractivity contribution < 1.29 is 14.1 Å². The molecule has 0 saturated carbocycles. The maximum absolute atomic E-state index is 13.3. The molecule has 0 amide bonds. The molecule has 3 aromatic carbocycles. The topological polar surface area (TPSA) is 66.7 Å². The van der Waals surface area contributed by atoms with Crippen LogP contribution in [-0.2, 0) is 26.1 Å². The zero-order valence-corrected chi connectivity index (χ0v) is 22.4. The lowest BCUT2D eigenvalue weighted by Gasteiger charge is -2.31. The highest BCUT2D eigenvalue weighted by Gasteiger charge is 2.22. The summed E-state index contributed by atoms with van der Waals surface area (Å²) in [5.74, 6) is 0.530. The number of aryl methyl sites for hydroxylation is 1. The third-order valence-corrected chi connectivity index (χ3v) is 8.18. The number of benzene rings is 3. The van der Waals surface area contributed by atoms with Crippen LogP contribution in [0, 0.1) is 21.8 Å². The molecule has 204 valence electrons. The van der Waals surface area contributed by atoms with Gasteiger partial charge in [-0.05, 0) is 98.1 Å². The van der Waals surface area contributed by atoms with Crippen LogP contribution < -0.4 is 0 Å². The van der Waals surface area contributed by atoms with Gasteiger partial charge in [-0.2, -0.15) is 0 Å². The summed E-state index contributed by atoms with van der Waals surface area (Å²) in [4.78, 5) is 28.6. The van der Waals surface area contributed by atoms with Crippen molar-refractivity contribution in [1.82, 2.24) is 9.80 Å². The second kappa shape index (κ2) is 12.6. The van der Waals surface area contributed by atoms with Gasteiger partial charge in [0.1, 0.15) is 5.82 Å². The summed E-state index contributed by atoms with van der Waals surface area (Å²) < 4.78 is 13.3. The van der Waals surface area contributed by atoms with Crippen molar-refractivity contribution in [2.24, 2.45) is 5.92 Å². The first-order valence-electron chi connectivity index (χ1n) is 14.0. The molecule has 0 spiro atoms. The van der Waals surface area contributed by atoms with Crippen molar-refractivity contribution >= 4 is 11.5 Å². The van der Waals surface area contributed by atoms with Crippen LogP contribution in [0.2, 0.25) is 0 Å². The highest BCUT2D eigenvalue weighted by Crippen LogP contribution is 2.26. The summed E-state index contributed by atoms with van der Waals surface area (Å²) in [7, 11) is 0. The third-order valence-electron chi connectivity index (χ3n) is 8.18. The minimum atomic E-state index is -0.346. The molecular weight excluding hydrogens is 493 g/mol. The van der Waals surface area contributed by atoms with Crippen molar-refractivity contribution in [2.45, 2.75) is 58.2 Å². The lowest BCUT2D eigenvalue weighted by atomic mass is 9.89. The summed E-state index contributed by atoms with van der Waals surface area (Å²) in [5.41, 5.74) is 5.57. The second-order valence-corrected chi connectivity index (χ2v) is 11.0. The quantitative estimate of drug-likeness (QED) is 0.178. The summed E-state index contributed by atoms with van der Waals surface area (Å²) in [6.45, 7) is 5.18. The Morgan fingerprint density at radius 1 is 0.897 bits per heavy atom. The molecule has 6 nitrogen and oxygen atoms in total. The van der Waals surface area contributed by atoms with Crippen molar-refractivity contribution in [3.8, 4) is 0 Å². The summed E-state index contributed by atoms with van der Waals surface area (Å²) in [5, 5.41) is 11.0. The van der Waals surface area contributed by atoms with Crippen molar-refractivity contribution in [2.75, 3.05) is 19.6 Å². The molecule has 1 fully saturated rings. The molecule has 0 aromatic heterocycles. The van der Waals surface area contributed by atoms with Crippen LogP contribution in [0.1, 0.15) is 64.7 Å². The third kappa shape index (κ3) is 7.37. The Morgan fingerprint density at radius 2 is 1.67 bits per heavy atom. The minimum Gasteiger partial charge on any atom is -0.299 e. The first-order chi connectivity index (χ1) is 18.9. The van der Waals surface area contributed by atoms with Crippen LogP contribution >= 0.6 is 0 Å². The number of Topliss-reactive ketones (excluding diaryl/α,β-unsaturated/α-hetero) is 1. The highest BCUT2D eigenvalue weighted by atomic mass is 19.1. The number of non-ortho nitro benzene ring substituents is 1. The van der Waals surface area contributed by atoms with Gasteiger partial charge in [-0.3, -0.25) is 24.7 Å². The van der Waals surface area contributed by atoms with E-state index in [-0.39, 0.29) is 22.2 Å². The fourth-order valence-corrected chi connectivity index (χ4v) is 5.93. The van der Waals surface area contributed by atoms with Crippen molar-refractivity contribution in [3.63, 3.8) is 0 Å². The largest absolute Gasteiger partial charge is 0.299 e. The molecule has 1 saturated heterocycles. The van der Waals surface area contributed by atoms with Gasteiger partial charge in [-0.15, -0.1) is 0 Å². The number of piperidine rings is 1. The number of carbonyl (C=O) groups excluding carboxylic acids is 1. The molecule has 39 heavy (non-hydrogen) atoms. The molecular formula is C32H36FN3O3. The number of hydrogen-bond donors (Lipinski definition) is 0. The maximum Gasteiger partial charge on any atom is 0.269 e. The second-order valence-electron chi connectivity index (χ2n) is 11.0. The number of nitro benzene ring substituents is 1. The van der Waals surface area contributed by atoms with Crippen LogP contribution in [-0.4, -0.2) is 40.1 Å². The van der Waals surface area contributed by atoms with E-state index < -0.39 is 0 Å². The number of fused-ring (bicyclic) bond motifs is 1. The number of nitro groups is 1. The SMILES string of the molecule is O=C(CCC1CCN(Cc2cccc([N+](=O)[O-])c2)CC1)c1ccc2c(c1)CN(Cc1ccc(F)cc1)CCC2. The molecule has 5 rings (SSSR count). The van der Waals surface area contributed by atoms with Gasteiger partial charge in [0.2, 0.25) is 0 Å². The number of likely N-dealkylation sites (tertiary alicyclic amines) is 1. The number of hydrogen-bond acceptors (Lipinski definition) is 5. The summed E-state index contributed by atoms with van der Waals surface area (Å²) in [6, 6.07) is 19.8. The Kier molecular flexibility index (Phi) is 8.79. The smallest absolute Gasteiger partial charge is 0.269 e. The number of ketones is 1. The fourth-order valence-electron chi connectivity index (χ4n) is 5.93. The van der Waals surface area contributed by atoms with Crippen LogP contribution in [0.4, 0.5) is 10.1 Å². The van der Waals surface area contributed by atoms with Crippen LogP contribution in [0.25, 0.3) is 0 Å². The van der Waals surface area contributed by atoms with E-state index in [1.807, 2.05) is 24.3 Å². The van der Waals surface area contributed by atoms with Crippen LogP contribution in [0.3, 0.4) is 0 Å². The molecule has 7 heteroatoms. The zero-order valence-electron chi connectivity index (χ0n) is 22.4. The highest BCUT2D eigenvalue weighted by molar-refractivity contribution is 5.96. The summed E-state index contributed by atoms with van der Waals surface area (Å²) in [6.07, 6.45) is 5.64. The lowest BCUT2D eigenvalue weighted by Crippen LogP contribution is -2.33. The van der Waals surface area contributed by atoms with Crippen molar-refractivity contribution in [1.29, 1.82) is 0 Å². The Labute approximate surface area is 229 Å². The van der Waals surface area contributed by atoms with Crippen LogP contribution in [0.15, 0.2) is 66.7 Å². The standard InChI is InChI=1S/C32H36FN3O3/c33-30-11-6-25(7-12-30)21-35-16-2-4-27-9-10-28(20-29(27)23-35)32(37)13-8-24-14-17-34(18-15-24)22-26-3-1-5-31(19-26)36(38)39/h1,3,5-7,9-12,19-20,24H,2,4,8,13-18,21-23H2. The molecule has 2 heterocycles. The van der Waals surface area contributed by atoms with E-state index in [1.54, 1.807) is 12.1 Å². The van der Waals surface area contributed by atoms with E-state index in [0.717, 1.165) is 88.1 Å². The van der Waals surface area contributed by atoms with E-state index in [9.17, 15) is 19.3 Å². The van der Waals surface area contributed by atoms with Gasteiger partial charge < -0.3 is 0 Å². The van der Waals surface area contributed by atoms with E-state index in [2.05, 4.69) is 21.9 Å². The Hall–Kier alpha value is -3.42. The van der Waals surface area contributed by atoms with Gasteiger partial charge >= 0.3 is 0 Å². The first-order valence-corrected chi connectivity index (χ1v) is 14.0. The van der Waals surface area contributed by atoms with Gasteiger partial charge in [0.25, 0.3) is 5.69 Å². The van der Waals surface area contributed by atoms with Gasteiger partial charge in [0.15, 0.2) is 5.78 Å². The average Bonchev–Trinajstić information content (AvgIpc) is 3.15. The van der Waals surface area contributed by atoms with Crippen molar-refractivity contribution in [3.05, 3.63) is 110 Å². The normalized spacial score (nSPS) is 16.9. The molecule has 0 radical (unpaired) electrons. The fraction of sp³-hybridized carbons (Fsp3) is 0.406. The van der Waals surface area contributed by atoms with Gasteiger partial charge in [-0.25, -0.2) is 4.39 Å². The number of carbonyl (C=O) groups is 1. The molecule has 3 aromatic rings. The molecule has 0 aliphatic carbocycles. The predicted octanol–water partition coefficient (Wildman–Crippen LogP) is 6.56. The number of nitrogens with zero attached hydrogens (tertiary/aromatic N) is 3. The van der Waals surface area contributed by atoms with Gasteiger partial charge in [0, 0.05) is 43.8 Å². The number of halogens is 1. The van der Waals surface area contributed by atoms with Crippen LogP contribution in [0.5, 0.6) is 0 Å².